The van der Waals surface area contributed by atoms with E-state index in [2.05, 4.69) is 16.4 Å². The Hall–Kier alpha value is -2.01. The molecule has 0 spiro atoms. The molecule has 2 heterocycles. The summed E-state index contributed by atoms with van der Waals surface area (Å²) < 4.78 is 7.44. The van der Waals surface area contributed by atoms with Crippen LogP contribution in [0.2, 0.25) is 0 Å². The Balaban J connectivity index is 2.13. The Morgan fingerprint density at radius 2 is 2.05 bits per heavy atom. The molecule has 20 heavy (non-hydrogen) atoms. The van der Waals surface area contributed by atoms with Crippen molar-refractivity contribution in [2.24, 2.45) is 0 Å². The van der Waals surface area contributed by atoms with Crippen LogP contribution in [0.5, 0.6) is 0 Å². The summed E-state index contributed by atoms with van der Waals surface area (Å²) >= 11 is 0. The van der Waals surface area contributed by atoms with Gasteiger partial charge in [-0.05, 0) is 49.9 Å². The van der Waals surface area contributed by atoms with Gasteiger partial charge in [-0.1, -0.05) is 11.3 Å². The van der Waals surface area contributed by atoms with E-state index >= 15 is 0 Å². The molecule has 1 aliphatic rings. The SMILES string of the molecule is Cc1cc(C)cc(-n2nnc(C=O)c2C2CCCO2)c1. The van der Waals surface area contributed by atoms with Crippen LogP contribution in [0, 0.1) is 13.8 Å². The molecule has 0 amide bonds. The van der Waals surface area contributed by atoms with Crippen molar-refractivity contribution in [2.45, 2.75) is 32.8 Å². The van der Waals surface area contributed by atoms with Crippen LogP contribution < -0.4 is 0 Å². The second-order valence-corrected chi connectivity index (χ2v) is 5.24. The molecule has 1 saturated heterocycles. The Bertz CT molecular complexity index is 622. The van der Waals surface area contributed by atoms with Gasteiger partial charge >= 0.3 is 0 Å². The van der Waals surface area contributed by atoms with Gasteiger partial charge in [0, 0.05) is 6.61 Å². The van der Waals surface area contributed by atoms with E-state index in [-0.39, 0.29) is 6.10 Å². The van der Waals surface area contributed by atoms with Crippen molar-refractivity contribution < 1.29 is 9.53 Å². The number of aromatic nitrogens is 3. The quantitative estimate of drug-likeness (QED) is 0.805. The van der Waals surface area contributed by atoms with E-state index in [1.807, 2.05) is 26.0 Å². The fraction of sp³-hybridized carbons (Fsp3) is 0.400. The van der Waals surface area contributed by atoms with E-state index in [1.54, 1.807) is 4.68 Å². The van der Waals surface area contributed by atoms with Gasteiger partial charge < -0.3 is 4.74 Å². The number of ether oxygens (including phenoxy) is 1. The lowest BCUT2D eigenvalue weighted by Gasteiger charge is -2.13. The summed E-state index contributed by atoms with van der Waals surface area (Å²) in [6.45, 7) is 4.81. The van der Waals surface area contributed by atoms with Gasteiger partial charge in [-0.2, -0.15) is 0 Å². The molecular weight excluding hydrogens is 254 g/mol. The molecule has 1 aromatic carbocycles. The summed E-state index contributed by atoms with van der Waals surface area (Å²) in [7, 11) is 0. The summed E-state index contributed by atoms with van der Waals surface area (Å²) in [6, 6.07) is 6.18. The maximum absolute atomic E-state index is 11.2. The smallest absolute Gasteiger partial charge is 0.172 e. The van der Waals surface area contributed by atoms with Crippen LogP contribution in [0.4, 0.5) is 0 Å². The van der Waals surface area contributed by atoms with Gasteiger partial charge in [0.25, 0.3) is 0 Å². The summed E-state index contributed by atoms with van der Waals surface area (Å²) in [4.78, 5) is 11.2. The highest BCUT2D eigenvalue weighted by Crippen LogP contribution is 2.31. The molecule has 1 aliphatic heterocycles. The van der Waals surface area contributed by atoms with E-state index in [0.717, 1.165) is 48.2 Å². The van der Waals surface area contributed by atoms with Crippen LogP contribution in [-0.2, 0) is 4.74 Å². The molecule has 0 bridgehead atoms. The van der Waals surface area contributed by atoms with Crippen LogP contribution in [-0.4, -0.2) is 27.9 Å². The zero-order valence-electron chi connectivity index (χ0n) is 11.7. The maximum atomic E-state index is 11.2. The van der Waals surface area contributed by atoms with Gasteiger partial charge in [0.05, 0.1) is 5.69 Å². The van der Waals surface area contributed by atoms with Crippen molar-refractivity contribution >= 4 is 6.29 Å². The van der Waals surface area contributed by atoms with Gasteiger partial charge in [-0.25, -0.2) is 4.68 Å². The number of aryl methyl sites for hydroxylation is 2. The molecule has 0 saturated carbocycles. The molecular formula is C15H17N3O2. The van der Waals surface area contributed by atoms with Crippen LogP contribution >= 0.6 is 0 Å². The molecule has 0 aliphatic carbocycles. The van der Waals surface area contributed by atoms with Crippen molar-refractivity contribution in [3.63, 3.8) is 0 Å². The minimum absolute atomic E-state index is 0.0916. The highest BCUT2D eigenvalue weighted by atomic mass is 16.5. The van der Waals surface area contributed by atoms with Crippen LogP contribution in [0.25, 0.3) is 5.69 Å². The van der Waals surface area contributed by atoms with Gasteiger partial charge in [0.1, 0.15) is 11.8 Å². The molecule has 0 N–H and O–H groups in total. The molecule has 1 atom stereocenters. The normalized spacial score (nSPS) is 18.4. The molecule has 1 aromatic heterocycles. The fourth-order valence-electron chi connectivity index (χ4n) is 2.74. The third kappa shape index (κ3) is 2.25. The molecule has 0 radical (unpaired) electrons. The first-order valence-electron chi connectivity index (χ1n) is 6.80. The lowest BCUT2D eigenvalue weighted by atomic mass is 10.1. The minimum Gasteiger partial charge on any atom is -0.372 e. The van der Waals surface area contributed by atoms with Crippen molar-refractivity contribution in [2.75, 3.05) is 6.61 Å². The first-order valence-corrected chi connectivity index (χ1v) is 6.80. The monoisotopic (exact) mass is 271 g/mol. The third-order valence-electron chi connectivity index (χ3n) is 3.53. The largest absolute Gasteiger partial charge is 0.372 e. The van der Waals surface area contributed by atoms with Crippen LogP contribution in [0.15, 0.2) is 18.2 Å². The highest BCUT2D eigenvalue weighted by Gasteiger charge is 2.27. The van der Waals surface area contributed by atoms with Gasteiger partial charge in [-0.15, -0.1) is 5.10 Å². The van der Waals surface area contributed by atoms with E-state index in [0.29, 0.717) is 5.69 Å². The zero-order chi connectivity index (χ0) is 14.1. The molecule has 104 valence electrons. The van der Waals surface area contributed by atoms with Crippen molar-refractivity contribution in [3.8, 4) is 5.69 Å². The summed E-state index contributed by atoms with van der Waals surface area (Å²) in [5, 5.41) is 8.12. The summed E-state index contributed by atoms with van der Waals surface area (Å²) in [6.07, 6.45) is 2.56. The number of hydrogen-bond donors (Lipinski definition) is 0. The third-order valence-corrected chi connectivity index (χ3v) is 3.53. The average molecular weight is 271 g/mol. The van der Waals surface area contributed by atoms with Crippen molar-refractivity contribution in [3.05, 3.63) is 40.7 Å². The number of aldehydes is 1. The van der Waals surface area contributed by atoms with E-state index in [9.17, 15) is 4.79 Å². The summed E-state index contributed by atoms with van der Waals surface area (Å²) in [5.74, 6) is 0. The molecule has 5 heteroatoms. The van der Waals surface area contributed by atoms with Crippen LogP contribution in [0.3, 0.4) is 0 Å². The number of rotatable bonds is 3. The molecule has 5 nitrogen and oxygen atoms in total. The topological polar surface area (TPSA) is 57.0 Å². The Kier molecular flexibility index (Phi) is 3.36. The first-order chi connectivity index (χ1) is 9.69. The fourth-order valence-corrected chi connectivity index (χ4v) is 2.74. The minimum atomic E-state index is -0.0916. The Morgan fingerprint density at radius 1 is 1.30 bits per heavy atom. The highest BCUT2D eigenvalue weighted by molar-refractivity contribution is 5.73. The Morgan fingerprint density at radius 3 is 2.65 bits per heavy atom. The van der Waals surface area contributed by atoms with E-state index in [4.69, 9.17) is 4.74 Å². The second-order valence-electron chi connectivity index (χ2n) is 5.24. The second kappa shape index (κ2) is 5.17. The summed E-state index contributed by atoms with van der Waals surface area (Å²) in [5.41, 5.74) is 4.37. The van der Waals surface area contributed by atoms with Crippen molar-refractivity contribution in [1.29, 1.82) is 0 Å². The number of carbonyl (C=O) groups is 1. The number of hydrogen-bond acceptors (Lipinski definition) is 4. The number of carbonyl (C=O) groups excluding carboxylic acids is 1. The molecule has 1 unspecified atom stereocenters. The van der Waals surface area contributed by atoms with Gasteiger partial charge in [-0.3, -0.25) is 4.79 Å². The lowest BCUT2D eigenvalue weighted by molar-refractivity contribution is 0.102. The maximum Gasteiger partial charge on any atom is 0.172 e. The molecule has 3 rings (SSSR count). The first kappa shape index (κ1) is 13.0. The zero-order valence-corrected chi connectivity index (χ0v) is 11.7. The predicted molar refractivity (Wildman–Crippen MR) is 74.1 cm³/mol. The Labute approximate surface area is 117 Å². The van der Waals surface area contributed by atoms with E-state index < -0.39 is 0 Å². The van der Waals surface area contributed by atoms with Crippen molar-refractivity contribution in [1.82, 2.24) is 15.0 Å². The molecule has 1 fully saturated rings. The van der Waals surface area contributed by atoms with Gasteiger partial charge in [0.15, 0.2) is 12.0 Å². The number of nitrogens with zero attached hydrogens (tertiary/aromatic N) is 3. The average Bonchev–Trinajstić information content (AvgIpc) is 3.06. The molecule has 2 aromatic rings. The lowest BCUT2D eigenvalue weighted by Crippen LogP contribution is -2.09. The standard InChI is InChI=1S/C15H17N3O2/c1-10-6-11(2)8-12(7-10)18-15(13(9-19)16-17-18)14-4-3-5-20-14/h6-9,14H,3-5H2,1-2H3. The number of benzene rings is 1. The van der Waals surface area contributed by atoms with Gasteiger partial charge in [0.2, 0.25) is 0 Å². The van der Waals surface area contributed by atoms with Crippen LogP contribution in [0.1, 0.15) is 46.3 Å². The van der Waals surface area contributed by atoms with E-state index in [1.165, 1.54) is 0 Å². The predicted octanol–water partition coefficient (Wildman–Crippen LogP) is 2.55.